The van der Waals surface area contributed by atoms with E-state index in [9.17, 15) is 4.39 Å². The summed E-state index contributed by atoms with van der Waals surface area (Å²) < 4.78 is 14.3. The van der Waals surface area contributed by atoms with Gasteiger partial charge in [0.1, 0.15) is 5.82 Å². The van der Waals surface area contributed by atoms with E-state index in [1.54, 1.807) is 18.2 Å². The van der Waals surface area contributed by atoms with E-state index in [4.69, 9.17) is 23.2 Å². The summed E-state index contributed by atoms with van der Waals surface area (Å²) in [7, 11) is 0. The van der Waals surface area contributed by atoms with Crippen molar-refractivity contribution >= 4 is 28.8 Å². The van der Waals surface area contributed by atoms with E-state index in [0.717, 1.165) is 40.7 Å². The zero-order valence-corrected chi connectivity index (χ0v) is 14.8. The van der Waals surface area contributed by atoms with Crippen LogP contribution in [-0.4, -0.2) is 0 Å². The van der Waals surface area contributed by atoms with Crippen LogP contribution in [0.4, 0.5) is 4.39 Å². The average molecular weight is 349 g/mol. The standard InChI is InChI=1S/C20H19Cl2F/c1-11(12(2)20-13(3)17(21)8-9-18(20)22)15-6-7-16(14-4-5-14)19(23)10-15/h6-10,12,14H,1,4-5H2,2-3H3. The lowest BCUT2D eigenvalue weighted by molar-refractivity contribution is 0.610. The zero-order chi connectivity index (χ0) is 16.7. The maximum absolute atomic E-state index is 14.3. The van der Waals surface area contributed by atoms with E-state index in [1.165, 1.54) is 0 Å². The maximum atomic E-state index is 14.3. The second-order valence-electron chi connectivity index (χ2n) is 6.33. The van der Waals surface area contributed by atoms with Gasteiger partial charge < -0.3 is 0 Å². The van der Waals surface area contributed by atoms with Gasteiger partial charge in [-0.15, -0.1) is 0 Å². The SMILES string of the molecule is C=C(c1ccc(C2CC2)c(F)c1)C(C)c1c(Cl)ccc(Cl)c1C. The molecule has 1 unspecified atom stereocenters. The summed E-state index contributed by atoms with van der Waals surface area (Å²) in [4.78, 5) is 0. The molecule has 1 aliphatic rings. The van der Waals surface area contributed by atoms with Gasteiger partial charge in [-0.1, -0.05) is 48.8 Å². The smallest absolute Gasteiger partial charge is 0.127 e. The average Bonchev–Trinajstić information content (AvgIpc) is 3.35. The molecule has 23 heavy (non-hydrogen) atoms. The number of halogens is 3. The van der Waals surface area contributed by atoms with Crippen molar-refractivity contribution in [2.75, 3.05) is 0 Å². The Hall–Kier alpha value is -1.31. The molecule has 0 aromatic heterocycles. The molecule has 1 saturated carbocycles. The first-order chi connectivity index (χ1) is 10.9. The van der Waals surface area contributed by atoms with Crippen LogP contribution in [0.1, 0.15) is 53.9 Å². The summed E-state index contributed by atoms with van der Waals surface area (Å²) >= 11 is 12.6. The fourth-order valence-corrected chi connectivity index (χ4v) is 3.61. The maximum Gasteiger partial charge on any atom is 0.127 e. The molecule has 3 heteroatoms. The highest BCUT2D eigenvalue weighted by molar-refractivity contribution is 6.34. The van der Waals surface area contributed by atoms with Crippen LogP contribution in [0.25, 0.3) is 5.57 Å². The summed E-state index contributed by atoms with van der Waals surface area (Å²) in [6, 6.07) is 9.05. The fourth-order valence-electron chi connectivity index (χ4n) is 3.08. The van der Waals surface area contributed by atoms with Gasteiger partial charge in [0.15, 0.2) is 0 Å². The molecule has 0 spiro atoms. The summed E-state index contributed by atoms with van der Waals surface area (Å²) in [6.45, 7) is 8.15. The molecule has 0 nitrogen and oxygen atoms in total. The molecule has 1 aliphatic carbocycles. The Balaban J connectivity index is 1.94. The molecule has 0 N–H and O–H groups in total. The van der Waals surface area contributed by atoms with E-state index in [-0.39, 0.29) is 11.7 Å². The van der Waals surface area contributed by atoms with Crippen molar-refractivity contribution in [2.45, 2.75) is 38.5 Å². The second kappa shape index (κ2) is 6.30. The van der Waals surface area contributed by atoms with Gasteiger partial charge in [-0.3, -0.25) is 0 Å². The number of hydrogen-bond acceptors (Lipinski definition) is 0. The first kappa shape index (κ1) is 16.5. The van der Waals surface area contributed by atoms with Crippen molar-refractivity contribution in [2.24, 2.45) is 0 Å². The third-order valence-electron chi connectivity index (χ3n) is 4.74. The van der Waals surface area contributed by atoms with E-state index < -0.39 is 0 Å². The molecule has 120 valence electrons. The van der Waals surface area contributed by atoms with Gasteiger partial charge in [0.25, 0.3) is 0 Å². The van der Waals surface area contributed by atoms with Gasteiger partial charge in [0, 0.05) is 16.0 Å². The van der Waals surface area contributed by atoms with Crippen molar-refractivity contribution in [3.05, 3.63) is 75.0 Å². The van der Waals surface area contributed by atoms with E-state index in [1.807, 2.05) is 26.0 Å². The zero-order valence-electron chi connectivity index (χ0n) is 13.3. The van der Waals surface area contributed by atoms with Crippen LogP contribution >= 0.6 is 23.2 Å². The molecular formula is C20H19Cl2F. The molecule has 1 fully saturated rings. The Morgan fingerprint density at radius 2 is 1.83 bits per heavy atom. The van der Waals surface area contributed by atoms with Crippen LogP contribution in [0.5, 0.6) is 0 Å². The van der Waals surface area contributed by atoms with E-state index >= 15 is 0 Å². The summed E-state index contributed by atoms with van der Waals surface area (Å²) in [6.07, 6.45) is 2.18. The highest BCUT2D eigenvalue weighted by atomic mass is 35.5. The number of hydrogen-bond donors (Lipinski definition) is 0. The normalized spacial score (nSPS) is 15.5. The molecule has 1 atom stereocenters. The Labute approximate surface area is 146 Å². The van der Waals surface area contributed by atoms with Crippen molar-refractivity contribution in [3.8, 4) is 0 Å². The van der Waals surface area contributed by atoms with Crippen LogP contribution in [-0.2, 0) is 0 Å². The van der Waals surface area contributed by atoms with Gasteiger partial charge in [-0.2, -0.15) is 0 Å². The van der Waals surface area contributed by atoms with Crippen molar-refractivity contribution in [1.82, 2.24) is 0 Å². The molecule has 0 radical (unpaired) electrons. The summed E-state index contributed by atoms with van der Waals surface area (Å²) in [5.74, 6) is 0.235. The first-order valence-corrected chi connectivity index (χ1v) is 8.59. The van der Waals surface area contributed by atoms with Crippen LogP contribution in [0.3, 0.4) is 0 Å². The molecule has 2 aromatic rings. The Morgan fingerprint density at radius 1 is 1.17 bits per heavy atom. The van der Waals surface area contributed by atoms with Gasteiger partial charge >= 0.3 is 0 Å². The number of allylic oxidation sites excluding steroid dienone is 1. The number of benzene rings is 2. The van der Waals surface area contributed by atoms with Crippen LogP contribution in [0, 0.1) is 12.7 Å². The van der Waals surface area contributed by atoms with Gasteiger partial charge in [0.05, 0.1) is 0 Å². The minimum atomic E-state index is -0.132. The predicted molar refractivity (Wildman–Crippen MR) is 97.0 cm³/mol. The molecule has 0 heterocycles. The van der Waals surface area contributed by atoms with Crippen molar-refractivity contribution < 1.29 is 4.39 Å². The third kappa shape index (κ3) is 3.18. The van der Waals surface area contributed by atoms with Gasteiger partial charge in [-0.05, 0) is 71.7 Å². The summed E-state index contributed by atoms with van der Waals surface area (Å²) in [5.41, 5.74) is 4.39. The van der Waals surface area contributed by atoms with Crippen LogP contribution < -0.4 is 0 Å². The van der Waals surface area contributed by atoms with E-state index in [0.29, 0.717) is 16.0 Å². The lowest BCUT2D eigenvalue weighted by Crippen LogP contribution is -2.02. The summed E-state index contributed by atoms with van der Waals surface area (Å²) in [5, 5.41) is 1.34. The highest BCUT2D eigenvalue weighted by Crippen LogP contribution is 2.43. The lowest BCUT2D eigenvalue weighted by atomic mass is 9.86. The Morgan fingerprint density at radius 3 is 2.43 bits per heavy atom. The predicted octanol–water partition coefficient (Wildman–Crippen LogP) is 7.14. The van der Waals surface area contributed by atoms with E-state index in [2.05, 4.69) is 6.58 Å². The Bertz CT molecular complexity index is 775. The largest absolute Gasteiger partial charge is 0.207 e. The lowest BCUT2D eigenvalue weighted by Gasteiger charge is -2.20. The van der Waals surface area contributed by atoms with Crippen LogP contribution in [0.15, 0.2) is 36.9 Å². The number of rotatable bonds is 4. The first-order valence-electron chi connectivity index (χ1n) is 7.83. The Kier molecular flexibility index (Phi) is 4.53. The van der Waals surface area contributed by atoms with Gasteiger partial charge in [0.2, 0.25) is 0 Å². The molecule has 0 saturated heterocycles. The van der Waals surface area contributed by atoms with Crippen molar-refractivity contribution in [3.63, 3.8) is 0 Å². The topological polar surface area (TPSA) is 0 Å². The third-order valence-corrected chi connectivity index (χ3v) is 5.48. The molecule has 0 bridgehead atoms. The molecule has 2 aromatic carbocycles. The molecule has 0 amide bonds. The second-order valence-corrected chi connectivity index (χ2v) is 7.14. The fraction of sp³-hybridized carbons (Fsp3) is 0.300. The van der Waals surface area contributed by atoms with Crippen LogP contribution in [0.2, 0.25) is 10.0 Å². The molecule has 3 rings (SSSR count). The molecular weight excluding hydrogens is 330 g/mol. The minimum absolute atomic E-state index is 0.0348. The highest BCUT2D eigenvalue weighted by Gasteiger charge is 2.27. The minimum Gasteiger partial charge on any atom is -0.207 e. The van der Waals surface area contributed by atoms with Gasteiger partial charge in [-0.25, -0.2) is 4.39 Å². The molecule has 0 aliphatic heterocycles. The van der Waals surface area contributed by atoms with Crippen molar-refractivity contribution in [1.29, 1.82) is 0 Å². The quantitative estimate of drug-likeness (QED) is 0.550. The monoisotopic (exact) mass is 348 g/mol.